The van der Waals surface area contributed by atoms with E-state index in [2.05, 4.69) is 54.9 Å². The number of para-hydroxylation sites is 1. The van der Waals surface area contributed by atoms with Gasteiger partial charge in [0.05, 0.1) is 5.52 Å². The van der Waals surface area contributed by atoms with Crippen LogP contribution in [0.25, 0.3) is 44.2 Å². The van der Waals surface area contributed by atoms with Gasteiger partial charge in [-0.3, -0.25) is 0 Å². The highest BCUT2D eigenvalue weighted by Gasteiger charge is 2.23. The second kappa shape index (κ2) is 5.15. The zero-order valence-corrected chi connectivity index (χ0v) is 14.2. The van der Waals surface area contributed by atoms with Gasteiger partial charge >= 0.3 is 0 Å². The fraction of sp³-hybridized carbons (Fsp3) is 0.0909. The summed E-state index contributed by atoms with van der Waals surface area (Å²) < 4.78 is 8.29. The summed E-state index contributed by atoms with van der Waals surface area (Å²) in [5.74, 6) is 0. The van der Waals surface area contributed by atoms with Crippen molar-refractivity contribution in [1.29, 1.82) is 0 Å². The average Bonchev–Trinajstić information content (AvgIpc) is 2.98. The summed E-state index contributed by atoms with van der Waals surface area (Å²) in [6, 6.07) is 20.7. The fourth-order valence-corrected chi connectivity index (χ4v) is 3.58. The molecule has 0 saturated carbocycles. The predicted octanol–water partition coefficient (Wildman–Crippen LogP) is 4.93. The van der Waals surface area contributed by atoms with Crippen LogP contribution in [0.5, 0.6) is 0 Å². The van der Waals surface area contributed by atoms with Gasteiger partial charge in [0.15, 0.2) is 11.8 Å². The Balaban J connectivity index is 1.99. The lowest BCUT2D eigenvalue weighted by atomic mass is 10.0. The molecule has 3 aromatic heterocycles. The van der Waals surface area contributed by atoms with E-state index in [9.17, 15) is 0 Å². The number of hydrogen-bond donors (Lipinski definition) is 0. The third-order valence-corrected chi connectivity index (χ3v) is 4.83. The number of aryl methyl sites for hydroxylation is 2. The number of rotatable bonds is 1. The van der Waals surface area contributed by atoms with Crippen molar-refractivity contribution in [2.24, 2.45) is 7.05 Å². The summed E-state index contributed by atoms with van der Waals surface area (Å²) >= 11 is 0. The van der Waals surface area contributed by atoms with Crippen molar-refractivity contribution in [3.63, 3.8) is 0 Å². The summed E-state index contributed by atoms with van der Waals surface area (Å²) in [6.07, 6.45) is 2.05. The molecule has 0 unspecified atom stereocenters. The number of nitrogens with zero attached hydrogens (tertiary/aromatic N) is 2. The van der Waals surface area contributed by atoms with Crippen LogP contribution in [0.2, 0.25) is 0 Å². The van der Waals surface area contributed by atoms with Gasteiger partial charge in [-0.05, 0) is 30.7 Å². The molecule has 3 heterocycles. The largest absolute Gasteiger partial charge is 0.454 e. The minimum absolute atomic E-state index is 0.828. The minimum Gasteiger partial charge on any atom is -0.454 e. The van der Waals surface area contributed by atoms with Gasteiger partial charge in [-0.1, -0.05) is 36.4 Å². The summed E-state index contributed by atoms with van der Waals surface area (Å²) in [6.45, 7) is 2.14. The first-order chi connectivity index (χ1) is 12.2. The molecule has 0 aliphatic rings. The molecule has 3 nitrogen and oxygen atoms in total. The number of pyridine rings is 2. The smallest absolute Gasteiger partial charge is 0.225 e. The highest BCUT2D eigenvalue weighted by Crippen LogP contribution is 2.35. The summed E-state index contributed by atoms with van der Waals surface area (Å²) in [5, 5.41) is 2.16. The second-order valence-electron chi connectivity index (χ2n) is 6.46. The summed E-state index contributed by atoms with van der Waals surface area (Å²) in [5.41, 5.74) is 7.18. The van der Waals surface area contributed by atoms with Gasteiger partial charge in [0.2, 0.25) is 5.69 Å². The summed E-state index contributed by atoms with van der Waals surface area (Å²) in [7, 11) is 2.07. The molecule has 0 saturated heterocycles. The average molecular weight is 325 g/mol. The SMILES string of the molecule is Cc1ccccc1-c1c2c(cc[n+]1C)oc1cc3ccccc3nc12. The molecule has 0 aliphatic carbocycles. The molecule has 0 amide bonds. The van der Waals surface area contributed by atoms with Crippen LogP contribution < -0.4 is 4.57 Å². The lowest BCUT2D eigenvalue weighted by molar-refractivity contribution is -0.659. The van der Waals surface area contributed by atoms with Crippen LogP contribution in [0.4, 0.5) is 0 Å². The van der Waals surface area contributed by atoms with Gasteiger partial charge in [-0.15, -0.1) is 0 Å². The fourth-order valence-electron chi connectivity index (χ4n) is 3.58. The Bertz CT molecular complexity index is 1270. The number of hydrogen-bond acceptors (Lipinski definition) is 2. The van der Waals surface area contributed by atoms with Crippen LogP contribution in [0.15, 0.2) is 71.3 Å². The van der Waals surface area contributed by atoms with Crippen LogP contribution in [0, 0.1) is 6.92 Å². The molecular formula is C22H17N2O+. The topological polar surface area (TPSA) is 29.9 Å². The van der Waals surface area contributed by atoms with E-state index < -0.39 is 0 Å². The predicted molar refractivity (Wildman–Crippen MR) is 100 cm³/mol. The molecule has 0 N–H and O–H groups in total. The Morgan fingerprint density at radius 2 is 1.72 bits per heavy atom. The van der Waals surface area contributed by atoms with Gasteiger partial charge in [-0.25, -0.2) is 9.55 Å². The minimum atomic E-state index is 0.828. The maximum Gasteiger partial charge on any atom is 0.225 e. The maximum atomic E-state index is 6.14. The molecule has 2 aromatic carbocycles. The van der Waals surface area contributed by atoms with E-state index in [0.717, 1.165) is 38.7 Å². The van der Waals surface area contributed by atoms with Crippen molar-refractivity contribution in [3.8, 4) is 11.3 Å². The standard InChI is InChI=1S/C22H17N2O/c1-14-7-3-5-9-16(14)22-20-18(11-12-24(22)2)25-19-13-15-8-4-6-10-17(15)23-21(19)20/h3-13H,1-2H3/q+1. The molecule has 0 bridgehead atoms. The second-order valence-corrected chi connectivity index (χ2v) is 6.46. The lowest BCUT2D eigenvalue weighted by Gasteiger charge is -2.05. The third-order valence-electron chi connectivity index (χ3n) is 4.83. The van der Waals surface area contributed by atoms with Crippen LogP contribution in [0.1, 0.15) is 5.56 Å². The zero-order chi connectivity index (χ0) is 17.0. The molecule has 0 atom stereocenters. The maximum absolute atomic E-state index is 6.14. The van der Waals surface area contributed by atoms with E-state index in [1.165, 1.54) is 11.1 Å². The first-order valence-electron chi connectivity index (χ1n) is 8.39. The number of benzene rings is 2. The number of aromatic nitrogens is 2. The molecule has 0 fully saturated rings. The molecular weight excluding hydrogens is 308 g/mol. The molecule has 0 spiro atoms. The highest BCUT2D eigenvalue weighted by molar-refractivity contribution is 6.11. The molecule has 3 heteroatoms. The Kier molecular flexibility index (Phi) is 2.92. The van der Waals surface area contributed by atoms with Gasteiger partial charge in [0.1, 0.15) is 23.5 Å². The molecule has 0 aliphatic heterocycles. The van der Waals surface area contributed by atoms with Crippen LogP contribution in [-0.4, -0.2) is 4.98 Å². The number of fused-ring (bicyclic) bond motifs is 4. The third kappa shape index (κ3) is 2.06. The first-order valence-corrected chi connectivity index (χ1v) is 8.39. The molecule has 5 rings (SSSR count). The van der Waals surface area contributed by atoms with E-state index in [-0.39, 0.29) is 0 Å². The molecule has 25 heavy (non-hydrogen) atoms. The first kappa shape index (κ1) is 14.2. The van der Waals surface area contributed by atoms with E-state index in [4.69, 9.17) is 9.40 Å². The van der Waals surface area contributed by atoms with Crippen molar-refractivity contribution in [1.82, 2.24) is 4.98 Å². The van der Waals surface area contributed by atoms with Crippen LogP contribution in [0.3, 0.4) is 0 Å². The Hall–Kier alpha value is -3.20. The Morgan fingerprint density at radius 3 is 2.60 bits per heavy atom. The normalized spacial score (nSPS) is 11.6. The van der Waals surface area contributed by atoms with Gasteiger partial charge in [0.25, 0.3) is 0 Å². The van der Waals surface area contributed by atoms with E-state index in [1.807, 2.05) is 30.5 Å². The van der Waals surface area contributed by atoms with Gasteiger partial charge < -0.3 is 4.42 Å². The van der Waals surface area contributed by atoms with Crippen molar-refractivity contribution >= 4 is 33.0 Å². The number of furan rings is 1. The van der Waals surface area contributed by atoms with Crippen molar-refractivity contribution < 1.29 is 8.98 Å². The van der Waals surface area contributed by atoms with Crippen LogP contribution >= 0.6 is 0 Å². The molecule has 120 valence electrons. The monoisotopic (exact) mass is 325 g/mol. The van der Waals surface area contributed by atoms with Gasteiger partial charge in [0, 0.05) is 17.0 Å². The van der Waals surface area contributed by atoms with Crippen molar-refractivity contribution in [3.05, 3.63) is 72.4 Å². The lowest BCUT2D eigenvalue weighted by Crippen LogP contribution is -2.30. The summed E-state index contributed by atoms with van der Waals surface area (Å²) in [4.78, 5) is 4.92. The highest BCUT2D eigenvalue weighted by atomic mass is 16.3. The zero-order valence-electron chi connectivity index (χ0n) is 14.2. The van der Waals surface area contributed by atoms with Crippen molar-refractivity contribution in [2.45, 2.75) is 6.92 Å². The van der Waals surface area contributed by atoms with E-state index in [0.29, 0.717) is 0 Å². The van der Waals surface area contributed by atoms with Crippen molar-refractivity contribution in [2.75, 3.05) is 0 Å². The van der Waals surface area contributed by atoms with Gasteiger partial charge in [-0.2, -0.15) is 0 Å². The molecule has 0 radical (unpaired) electrons. The van der Waals surface area contributed by atoms with E-state index >= 15 is 0 Å². The quantitative estimate of drug-likeness (QED) is 0.409. The van der Waals surface area contributed by atoms with E-state index in [1.54, 1.807) is 0 Å². The Labute approximate surface area is 145 Å². The van der Waals surface area contributed by atoms with Crippen LogP contribution in [-0.2, 0) is 7.05 Å². The molecule has 5 aromatic rings. The Morgan fingerprint density at radius 1 is 0.920 bits per heavy atom.